The van der Waals surface area contributed by atoms with Crippen molar-refractivity contribution >= 4 is 32.5 Å². The van der Waals surface area contributed by atoms with E-state index < -0.39 is 5.63 Å². The molecule has 7 nitrogen and oxygen atoms in total. The van der Waals surface area contributed by atoms with Crippen molar-refractivity contribution in [3.05, 3.63) is 80.9 Å². The van der Waals surface area contributed by atoms with E-state index in [9.17, 15) is 4.79 Å². The Morgan fingerprint density at radius 1 is 1.07 bits per heavy atom. The zero-order valence-electron chi connectivity index (χ0n) is 15.7. The highest BCUT2D eigenvalue weighted by Crippen LogP contribution is 2.45. The first-order chi connectivity index (χ1) is 14.6. The van der Waals surface area contributed by atoms with Gasteiger partial charge >= 0.3 is 5.63 Å². The zero-order valence-corrected chi connectivity index (χ0v) is 17.3. The van der Waals surface area contributed by atoms with E-state index in [1.54, 1.807) is 16.9 Å². The van der Waals surface area contributed by atoms with Crippen LogP contribution in [0.4, 0.5) is 0 Å². The summed E-state index contributed by atoms with van der Waals surface area (Å²) in [5, 5.41) is 5.31. The molecule has 5 aromatic rings. The number of fused-ring (bicyclic) bond motifs is 6. The SMILES string of the molecule is CC1c2c(c3ccccc3oc2=O)Oc2ncn3nc(-c4ccccc4Br)nc3c21. The summed E-state index contributed by atoms with van der Waals surface area (Å²) in [6, 6.07) is 15.1. The molecule has 0 bridgehead atoms. The van der Waals surface area contributed by atoms with Crippen molar-refractivity contribution in [2.45, 2.75) is 12.8 Å². The Kier molecular flexibility index (Phi) is 3.61. The molecule has 0 saturated heterocycles. The second-order valence-electron chi connectivity index (χ2n) is 7.10. The van der Waals surface area contributed by atoms with Gasteiger partial charge in [0.1, 0.15) is 11.9 Å². The van der Waals surface area contributed by atoms with Crippen LogP contribution in [0.5, 0.6) is 11.6 Å². The van der Waals surface area contributed by atoms with Crippen LogP contribution in [0.1, 0.15) is 24.0 Å². The average molecular weight is 461 g/mol. The largest absolute Gasteiger partial charge is 0.437 e. The first-order valence-corrected chi connectivity index (χ1v) is 10.1. The van der Waals surface area contributed by atoms with E-state index in [1.165, 1.54) is 0 Å². The Hall–Kier alpha value is -3.52. The monoisotopic (exact) mass is 460 g/mol. The summed E-state index contributed by atoms with van der Waals surface area (Å²) in [4.78, 5) is 22.0. The van der Waals surface area contributed by atoms with Gasteiger partial charge in [-0.05, 0) is 24.3 Å². The van der Waals surface area contributed by atoms with Gasteiger partial charge in [0.15, 0.2) is 17.2 Å². The van der Waals surface area contributed by atoms with E-state index in [0.29, 0.717) is 39.8 Å². The summed E-state index contributed by atoms with van der Waals surface area (Å²) in [5.74, 6) is 1.15. The van der Waals surface area contributed by atoms with Gasteiger partial charge in [0.25, 0.3) is 0 Å². The van der Waals surface area contributed by atoms with Gasteiger partial charge in [-0.15, -0.1) is 5.10 Å². The van der Waals surface area contributed by atoms with Crippen LogP contribution in [0.2, 0.25) is 0 Å². The van der Waals surface area contributed by atoms with Gasteiger partial charge in [-0.1, -0.05) is 47.1 Å². The fourth-order valence-corrected chi connectivity index (χ4v) is 4.40. The van der Waals surface area contributed by atoms with Gasteiger partial charge in [0.2, 0.25) is 5.88 Å². The summed E-state index contributed by atoms with van der Waals surface area (Å²) in [6.07, 6.45) is 1.58. The van der Waals surface area contributed by atoms with Crippen molar-refractivity contribution in [2.75, 3.05) is 0 Å². The smallest absolute Gasteiger partial charge is 0.343 e. The third-order valence-electron chi connectivity index (χ3n) is 5.37. The van der Waals surface area contributed by atoms with Crippen molar-refractivity contribution in [3.63, 3.8) is 0 Å². The Morgan fingerprint density at radius 3 is 2.73 bits per heavy atom. The van der Waals surface area contributed by atoms with Crippen molar-refractivity contribution in [1.29, 1.82) is 0 Å². The van der Waals surface area contributed by atoms with Gasteiger partial charge in [-0.25, -0.2) is 19.3 Å². The van der Waals surface area contributed by atoms with E-state index in [-0.39, 0.29) is 5.92 Å². The molecule has 1 atom stereocenters. The predicted molar refractivity (Wildman–Crippen MR) is 114 cm³/mol. The van der Waals surface area contributed by atoms with Crippen molar-refractivity contribution in [3.8, 4) is 23.0 Å². The molecule has 4 heterocycles. The molecule has 146 valence electrons. The first kappa shape index (κ1) is 17.3. The lowest BCUT2D eigenvalue weighted by Gasteiger charge is -2.24. The van der Waals surface area contributed by atoms with E-state index >= 15 is 0 Å². The highest BCUT2D eigenvalue weighted by atomic mass is 79.9. The average Bonchev–Trinajstić information content (AvgIpc) is 3.18. The summed E-state index contributed by atoms with van der Waals surface area (Å²) in [7, 11) is 0. The first-order valence-electron chi connectivity index (χ1n) is 9.35. The number of rotatable bonds is 1. The van der Waals surface area contributed by atoms with Crippen molar-refractivity contribution in [1.82, 2.24) is 19.6 Å². The topological polar surface area (TPSA) is 82.5 Å². The van der Waals surface area contributed by atoms with Crippen LogP contribution in [-0.2, 0) is 0 Å². The predicted octanol–water partition coefficient (Wildman–Crippen LogP) is 4.92. The molecule has 2 aromatic carbocycles. The maximum Gasteiger partial charge on any atom is 0.343 e. The number of benzene rings is 2. The number of ether oxygens (including phenoxy) is 1. The molecule has 0 radical (unpaired) electrons. The fourth-order valence-electron chi connectivity index (χ4n) is 3.94. The standard InChI is InChI=1S/C22H13BrN4O3/c1-11-16-18(13-7-3-5-9-15(13)29-22(16)28)30-21-17(11)20-25-19(26-27(20)10-24-21)12-6-2-4-8-14(12)23/h2-11H,1H3. The summed E-state index contributed by atoms with van der Waals surface area (Å²) >= 11 is 3.55. The second-order valence-corrected chi connectivity index (χ2v) is 7.95. The molecular weight excluding hydrogens is 448 g/mol. The van der Waals surface area contributed by atoms with E-state index in [0.717, 1.165) is 15.4 Å². The van der Waals surface area contributed by atoms with Crippen LogP contribution in [0.3, 0.4) is 0 Å². The fraction of sp³-hybridized carbons (Fsp3) is 0.0909. The lowest BCUT2D eigenvalue weighted by atomic mass is 9.92. The molecule has 1 aliphatic rings. The van der Waals surface area contributed by atoms with Crippen molar-refractivity contribution in [2.24, 2.45) is 0 Å². The van der Waals surface area contributed by atoms with E-state index in [4.69, 9.17) is 14.1 Å². The van der Waals surface area contributed by atoms with E-state index in [1.807, 2.05) is 49.4 Å². The van der Waals surface area contributed by atoms with Crippen LogP contribution >= 0.6 is 15.9 Å². The third kappa shape index (κ3) is 2.37. The summed E-state index contributed by atoms with van der Waals surface area (Å²) in [5.41, 5.74) is 2.69. The number of para-hydroxylation sites is 1. The van der Waals surface area contributed by atoms with Gasteiger partial charge in [-0.2, -0.15) is 0 Å². The molecule has 0 spiro atoms. The van der Waals surface area contributed by atoms with E-state index in [2.05, 4.69) is 26.0 Å². The molecule has 0 fully saturated rings. The molecule has 3 aromatic heterocycles. The highest BCUT2D eigenvalue weighted by molar-refractivity contribution is 9.10. The molecule has 0 amide bonds. The number of halogens is 1. The van der Waals surface area contributed by atoms with Crippen LogP contribution in [0, 0.1) is 0 Å². The molecule has 1 unspecified atom stereocenters. The quantitative estimate of drug-likeness (QED) is 0.330. The molecular formula is C22H13BrN4O3. The maximum atomic E-state index is 12.8. The Morgan fingerprint density at radius 2 is 1.87 bits per heavy atom. The number of aromatic nitrogens is 4. The maximum absolute atomic E-state index is 12.8. The minimum atomic E-state index is -0.422. The van der Waals surface area contributed by atoms with Crippen LogP contribution in [0.15, 0.2) is 68.5 Å². The summed E-state index contributed by atoms with van der Waals surface area (Å²) < 4.78 is 14.2. The minimum Gasteiger partial charge on any atom is -0.437 e. The van der Waals surface area contributed by atoms with Crippen molar-refractivity contribution < 1.29 is 9.15 Å². The molecule has 0 aliphatic carbocycles. The lowest BCUT2D eigenvalue weighted by molar-refractivity contribution is 0.419. The van der Waals surface area contributed by atoms with Gasteiger partial charge in [0, 0.05) is 16.0 Å². The zero-order chi connectivity index (χ0) is 20.4. The second kappa shape index (κ2) is 6.24. The molecule has 0 saturated carbocycles. The Balaban J connectivity index is 1.60. The summed E-state index contributed by atoms with van der Waals surface area (Å²) in [6.45, 7) is 1.93. The van der Waals surface area contributed by atoms with Crippen LogP contribution < -0.4 is 10.4 Å². The number of hydrogen-bond donors (Lipinski definition) is 0. The molecule has 1 aliphatic heterocycles. The Labute approximate surface area is 178 Å². The molecule has 8 heteroatoms. The van der Waals surface area contributed by atoms with Gasteiger partial charge in [0.05, 0.1) is 16.5 Å². The third-order valence-corrected chi connectivity index (χ3v) is 6.06. The molecule has 0 N–H and O–H groups in total. The van der Waals surface area contributed by atoms with Gasteiger partial charge < -0.3 is 9.15 Å². The highest BCUT2D eigenvalue weighted by Gasteiger charge is 2.33. The Bertz CT molecular complexity index is 1540. The van der Waals surface area contributed by atoms with Gasteiger partial charge in [-0.3, -0.25) is 0 Å². The molecule has 6 rings (SSSR count). The number of nitrogens with zero attached hydrogens (tertiary/aromatic N) is 4. The minimum absolute atomic E-state index is 0.322. The lowest BCUT2D eigenvalue weighted by Crippen LogP contribution is -2.19. The molecule has 30 heavy (non-hydrogen) atoms. The normalized spacial score (nSPS) is 15.1. The number of hydrogen-bond acceptors (Lipinski definition) is 6. The van der Waals surface area contributed by atoms with Crippen LogP contribution in [-0.4, -0.2) is 19.6 Å². The van der Waals surface area contributed by atoms with Crippen LogP contribution in [0.25, 0.3) is 28.0 Å².